The molecule has 0 unspecified atom stereocenters. The third-order valence-electron chi connectivity index (χ3n) is 4.51. The van der Waals surface area contributed by atoms with Gasteiger partial charge < -0.3 is 9.72 Å². The molecule has 7 heteroatoms. The van der Waals surface area contributed by atoms with Crippen LogP contribution in [0, 0.1) is 0 Å². The fraction of sp³-hybridized carbons (Fsp3) is 0.0952. The van der Waals surface area contributed by atoms with Gasteiger partial charge in [-0.2, -0.15) is 10.2 Å². The van der Waals surface area contributed by atoms with Crippen molar-refractivity contribution >= 4 is 10.9 Å². The van der Waals surface area contributed by atoms with Crippen molar-refractivity contribution in [3.8, 4) is 22.9 Å². The SMILES string of the molecule is Cn1cc(Cc2nc(-c3cccc(Oc4ccc5[nH]ccc5c4)c3)n[nH]2)cn1. The van der Waals surface area contributed by atoms with Gasteiger partial charge in [0.15, 0.2) is 5.82 Å². The zero-order chi connectivity index (χ0) is 18.9. The fourth-order valence-corrected chi connectivity index (χ4v) is 3.19. The van der Waals surface area contributed by atoms with E-state index in [1.165, 1.54) is 0 Å². The minimum absolute atomic E-state index is 0.644. The number of benzene rings is 2. The standard InChI is InChI=1S/C21H18N6O/c1-27-13-14(12-23-27)9-20-24-21(26-25-20)16-3-2-4-17(11-16)28-18-5-6-19-15(10-18)7-8-22-19/h2-8,10-13,22H,9H2,1H3,(H,24,25,26). The number of aromatic amines is 2. The van der Waals surface area contributed by atoms with Crippen molar-refractivity contribution in [2.24, 2.45) is 7.05 Å². The van der Waals surface area contributed by atoms with Gasteiger partial charge >= 0.3 is 0 Å². The highest BCUT2D eigenvalue weighted by molar-refractivity contribution is 5.80. The van der Waals surface area contributed by atoms with E-state index in [0.717, 1.165) is 39.4 Å². The molecule has 0 spiro atoms. The Morgan fingerprint density at radius 1 is 1.07 bits per heavy atom. The van der Waals surface area contributed by atoms with Crippen molar-refractivity contribution in [1.82, 2.24) is 29.9 Å². The highest BCUT2D eigenvalue weighted by atomic mass is 16.5. The van der Waals surface area contributed by atoms with Crippen molar-refractivity contribution in [3.63, 3.8) is 0 Å². The molecule has 3 aromatic heterocycles. The number of aryl methyl sites for hydroxylation is 1. The number of hydrogen-bond acceptors (Lipinski definition) is 4. The predicted octanol–water partition coefficient (Wildman–Crippen LogP) is 4.07. The van der Waals surface area contributed by atoms with Crippen LogP contribution in [0.4, 0.5) is 0 Å². The van der Waals surface area contributed by atoms with Gasteiger partial charge in [0.05, 0.1) is 6.20 Å². The third kappa shape index (κ3) is 3.25. The lowest BCUT2D eigenvalue weighted by Crippen LogP contribution is -1.90. The number of aromatic nitrogens is 6. The van der Waals surface area contributed by atoms with E-state index in [-0.39, 0.29) is 0 Å². The van der Waals surface area contributed by atoms with E-state index in [9.17, 15) is 0 Å². The summed E-state index contributed by atoms with van der Waals surface area (Å²) in [4.78, 5) is 7.79. The van der Waals surface area contributed by atoms with E-state index in [1.54, 1.807) is 4.68 Å². The average molecular weight is 370 g/mol. The summed E-state index contributed by atoms with van der Waals surface area (Å²) in [5.41, 5.74) is 3.07. The number of rotatable bonds is 5. The molecule has 3 heterocycles. The van der Waals surface area contributed by atoms with E-state index in [4.69, 9.17) is 4.74 Å². The maximum absolute atomic E-state index is 6.03. The van der Waals surface area contributed by atoms with Gasteiger partial charge in [-0.3, -0.25) is 9.78 Å². The molecule has 0 aliphatic carbocycles. The molecule has 0 radical (unpaired) electrons. The predicted molar refractivity (Wildman–Crippen MR) is 106 cm³/mol. The van der Waals surface area contributed by atoms with Crippen LogP contribution in [-0.2, 0) is 13.5 Å². The Balaban J connectivity index is 1.36. The summed E-state index contributed by atoms with van der Waals surface area (Å²) < 4.78 is 7.81. The molecule has 0 aliphatic heterocycles. The van der Waals surface area contributed by atoms with Gasteiger partial charge in [-0.25, -0.2) is 4.98 Å². The molecular weight excluding hydrogens is 352 g/mol. The van der Waals surface area contributed by atoms with E-state index in [1.807, 2.05) is 74.2 Å². The van der Waals surface area contributed by atoms with Crippen LogP contribution in [0.3, 0.4) is 0 Å². The zero-order valence-corrected chi connectivity index (χ0v) is 15.3. The smallest absolute Gasteiger partial charge is 0.181 e. The number of H-pyrrole nitrogens is 2. The summed E-state index contributed by atoms with van der Waals surface area (Å²) in [6.45, 7) is 0. The molecule has 0 saturated heterocycles. The lowest BCUT2D eigenvalue weighted by molar-refractivity contribution is 0.483. The van der Waals surface area contributed by atoms with Crippen LogP contribution in [0.25, 0.3) is 22.3 Å². The second kappa shape index (κ2) is 6.70. The van der Waals surface area contributed by atoms with Gasteiger partial charge in [0, 0.05) is 42.3 Å². The number of fused-ring (bicyclic) bond motifs is 1. The second-order valence-corrected chi connectivity index (χ2v) is 6.66. The summed E-state index contributed by atoms with van der Waals surface area (Å²) in [6, 6.07) is 15.8. The summed E-state index contributed by atoms with van der Waals surface area (Å²) in [6.07, 6.45) is 6.38. The monoisotopic (exact) mass is 370 g/mol. The van der Waals surface area contributed by atoms with Crippen molar-refractivity contribution < 1.29 is 4.74 Å². The molecule has 0 bridgehead atoms. The summed E-state index contributed by atoms with van der Waals surface area (Å²) >= 11 is 0. The molecule has 7 nitrogen and oxygen atoms in total. The molecule has 0 saturated carbocycles. The van der Waals surface area contributed by atoms with Gasteiger partial charge in [0.25, 0.3) is 0 Å². The highest BCUT2D eigenvalue weighted by Gasteiger charge is 2.09. The second-order valence-electron chi connectivity index (χ2n) is 6.66. The van der Waals surface area contributed by atoms with Gasteiger partial charge in [0.2, 0.25) is 0 Å². The minimum Gasteiger partial charge on any atom is -0.457 e. The highest BCUT2D eigenvalue weighted by Crippen LogP contribution is 2.28. The van der Waals surface area contributed by atoms with Gasteiger partial charge in [-0.15, -0.1) is 0 Å². The van der Waals surface area contributed by atoms with Crippen molar-refractivity contribution in [2.75, 3.05) is 0 Å². The number of nitrogens with one attached hydrogen (secondary N) is 2. The molecular formula is C21H18N6O. The number of hydrogen-bond donors (Lipinski definition) is 2. The summed E-state index contributed by atoms with van der Waals surface area (Å²) in [7, 11) is 1.90. The van der Waals surface area contributed by atoms with Gasteiger partial charge in [0.1, 0.15) is 17.3 Å². The quantitative estimate of drug-likeness (QED) is 0.488. The van der Waals surface area contributed by atoms with E-state index in [0.29, 0.717) is 12.2 Å². The minimum atomic E-state index is 0.644. The van der Waals surface area contributed by atoms with E-state index in [2.05, 4.69) is 25.3 Å². The van der Waals surface area contributed by atoms with Crippen molar-refractivity contribution in [2.45, 2.75) is 6.42 Å². The Morgan fingerprint density at radius 3 is 2.89 bits per heavy atom. The fourth-order valence-electron chi connectivity index (χ4n) is 3.19. The largest absolute Gasteiger partial charge is 0.457 e. The van der Waals surface area contributed by atoms with Crippen LogP contribution >= 0.6 is 0 Å². The zero-order valence-electron chi connectivity index (χ0n) is 15.3. The first-order valence-electron chi connectivity index (χ1n) is 8.97. The number of nitrogens with zero attached hydrogens (tertiary/aromatic N) is 4. The lowest BCUT2D eigenvalue weighted by Gasteiger charge is -2.07. The molecule has 2 N–H and O–H groups in total. The van der Waals surface area contributed by atoms with Crippen molar-refractivity contribution in [3.05, 3.63) is 78.5 Å². The van der Waals surface area contributed by atoms with E-state index < -0.39 is 0 Å². The first kappa shape index (κ1) is 16.3. The Labute approximate surface area is 161 Å². The van der Waals surface area contributed by atoms with Crippen LogP contribution < -0.4 is 4.74 Å². The van der Waals surface area contributed by atoms with Gasteiger partial charge in [-0.05, 0) is 42.0 Å². The lowest BCUT2D eigenvalue weighted by atomic mass is 10.2. The molecule has 138 valence electrons. The van der Waals surface area contributed by atoms with Gasteiger partial charge in [-0.1, -0.05) is 12.1 Å². The first-order valence-corrected chi connectivity index (χ1v) is 8.97. The van der Waals surface area contributed by atoms with Crippen LogP contribution in [-0.4, -0.2) is 29.9 Å². The molecule has 0 aliphatic rings. The Bertz CT molecular complexity index is 1250. The molecule has 5 rings (SSSR count). The molecule has 5 aromatic rings. The molecule has 2 aromatic carbocycles. The number of ether oxygens (including phenoxy) is 1. The normalized spacial score (nSPS) is 11.2. The Hall–Kier alpha value is -3.87. The van der Waals surface area contributed by atoms with E-state index >= 15 is 0 Å². The summed E-state index contributed by atoms with van der Waals surface area (Å²) in [5, 5.41) is 12.6. The van der Waals surface area contributed by atoms with Crippen LogP contribution in [0.15, 0.2) is 67.1 Å². The van der Waals surface area contributed by atoms with Crippen molar-refractivity contribution in [1.29, 1.82) is 0 Å². The Morgan fingerprint density at radius 2 is 2.00 bits per heavy atom. The van der Waals surface area contributed by atoms with Crippen LogP contribution in [0.1, 0.15) is 11.4 Å². The molecule has 0 amide bonds. The molecule has 28 heavy (non-hydrogen) atoms. The Kier molecular flexibility index (Phi) is 3.90. The topological polar surface area (TPSA) is 84.4 Å². The van der Waals surface area contributed by atoms with Crippen LogP contribution in [0.2, 0.25) is 0 Å². The molecule has 0 atom stereocenters. The van der Waals surface area contributed by atoms with Crippen LogP contribution in [0.5, 0.6) is 11.5 Å². The first-order chi connectivity index (χ1) is 13.7. The maximum atomic E-state index is 6.03. The maximum Gasteiger partial charge on any atom is 0.181 e. The average Bonchev–Trinajstić information content (AvgIpc) is 3.43. The molecule has 0 fully saturated rings. The summed E-state index contributed by atoms with van der Waals surface area (Å²) in [5.74, 6) is 2.97. The third-order valence-corrected chi connectivity index (χ3v) is 4.51.